The van der Waals surface area contributed by atoms with Gasteiger partial charge in [0.2, 0.25) is 11.8 Å². The topological polar surface area (TPSA) is 142 Å². The van der Waals surface area contributed by atoms with Crippen molar-refractivity contribution in [3.8, 4) is 0 Å². The zero-order chi connectivity index (χ0) is 16.4. The number of hydrogen-bond acceptors (Lipinski definition) is 4. The van der Waals surface area contributed by atoms with Gasteiger partial charge in [-0.05, 0) is 13.8 Å². The molecule has 0 aromatic heterocycles. The molecule has 0 aromatic rings. The number of hydrogen-bond donors (Lipinski definition) is 4. The maximum absolute atomic E-state index is 11.7. The molecule has 0 heterocycles. The quantitative estimate of drug-likeness (QED) is 0.426. The Morgan fingerprint density at radius 1 is 1.19 bits per heavy atom. The second kappa shape index (κ2) is 9.56. The normalized spacial score (nSPS) is 11.3. The van der Waals surface area contributed by atoms with Crippen molar-refractivity contribution < 1.29 is 24.3 Å². The van der Waals surface area contributed by atoms with Gasteiger partial charge in [0, 0.05) is 26.1 Å². The molecule has 0 rings (SSSR count). The minimum absolute atomic E-state index is 0.0735. The van der Waals surface area contributed by atoms with Gasteiger partial charge in [-0.25, -0.2) is 9.59 Å². The van der Waals surface area contributed by atoms with Crippen molar-refractivity contribution in [2.75, 3.05) is 19.6 Å². The summed E-state index contributed by atoms with van der Waals surface area (Å²) in [4.78, 5) is 46.2. The van der Waals surface area contributed by atoms with E-state index in [2.05, 4.69) is 10.6 Å². The highest BCUT2D eigenvalue weighted by Gasteiger charge is 2.22. The monoisotopic (exact) mass is 302 g/mol. The highest BCUT2D eigenvalue weighted by molar-refractivity contribution is 5.87. The van der Waals surface area contributed by atoms with E-state index in [1.165, 1.54) is 0 Å². The molecular formula is C12H22N4O5. The summed E-state index contributed by atoms with van der Waals surface area (Å²) in [5, 5.41) is 13.3. The number of nitrogens with zero attached hydrogens (tertiary/aromatic N) is 1. The van der Waals surface area contributed by atoms with Gasteiger partial charge in [0.25, 0.3) is 0 Å². The van der Waals surface area contributed by atoms with Crippen LogP contribution < -0.4 is 16.4 Å². The van der Waals surface area contributed by atoms with Gasteiger partial charge in [-0.15, -0.1) is 0 Å². The maximum atomic E-state index is 11.7. The number of nitrogens with two attached hydrogens (primary N) is 1. The van der Waals surface area contributed by atoms with Crippen LogP contribution >= 0.6 is 0 Å². The van der Waals surface area contributed by atoms with Crippen molar-refractivity contribution in [3.63, 3.8) is 0 Å². The molecule has 120 valence electrons. The first-order valence-electron chi connectivity index (χ1n) is 6.65. The van der Waals surface area contributed by atoms with Gasteiger partial charge in [-0.2, -0.15) is 0 Å². The number of amides is 4. The number of carboxylic acid groups (broad SMARTS) is 1. The molecule has 4 amide bonds. The molecule has 0 saturated carbocycles. The van der Waals surface area contributed by atoms with Crippen molar-refractivity contribution in [2.45, 2.75) is 32.7 Å². The number of carbonyl (C=O) groups is 4. The van der Waals surface area contributed by atoms with E-state index < -0.39 is 30.4 Å². The molecule has 0 aliphatic rings. The summed E-state index contributed by atoms with van der Waals surface area (Å²) in [6.45, 7) is 4.94. The number of rotatable bonds is 9. The molecule has 0 radical (unpaired) electrons. The molecule has 0 saturated heterocycles. The van der Waals surface area contributed by atoms with Crippen LogP contribution in [0.25, 0.3) is 0 Å². The van der Waals surface area contributed by atoms with Crippen LogP contribution in [0.5, 0.6) is 0 Å². The minimum Gasteiger partial charge on any atom is -0.480 e. The Hall–Kier alpha value is -2.32. The average Bonchev–Trinajstić information content (AvgIpc) is 2.38. The summed E-state index contributed by atoms with van der Waals surface area (Å²) in [7, 11) is 0. The van der Waals surface area contributed by atoms with Crippen LogP contribution in [-0.4, -0.2) is 59.5 Å². The molecule has 0 unspecified atom stereocenters. The van der Waals surface area contributed by atoms with Crippen LogP contribution in [0.2, 0.25) is 0 Å². The Balaban J connectivity index is 4.17. The van der Waals surface area contributed by atoms with Crippen LogP contribution in [0.1, 0.15) is 26.7 Å². The molecule has 0 spiro atoms. The highest BCUT2D eigenvalue weighted by Crippen LogP contribution is 1.94. The predicted octanol–water partition coefficient (Wildman–Crippen LogP) is -1.13. The van der Waals surface area contributed by atoms with Gasteiger partial charge in [0.05, 0.1) is 6.42 Å². The Labute approximate surface area is 122 Å². The summed E-state index contributed by atoms with van der Waals surface area (Å²) in [6.07, 6.45) is -0.385. The van der Waals surface area contributed by atoms with E-state index in [9.17, 15) is 19.2 Å². The number of carbonyl (C=O) groups excluding carboxylic acids is 3. The molecule has 0 fully saturated rings. The zero-order valence-corrected chi connectivity index (χ0v) is 12.2. The Kier molecular flexibility index (Phi) is 8.51. The molecule has 5 N–H and O–H groups in total. The SMILES string of the molecule is CCN(CC)C(=O)CCNC(=O)N[C@@H](CC(N)=O)C(=O)O. The van der Waals surface area contributed by atoms with E-state index in [1.54, 1.807) is 4.90 Å². The van der Waals surface area contributed by atoms with Gasteiger partial charge in [0.15, 0.2) is 0 Å². The third-order valence-corrected chi connectivity index (χ3v) is 2.75. The summed E-state index contributed by atoms with van der Waals surface area (Å²) in [5.41, 5.74) is 4.89. The third-order valence-electron chi connectivity index (χ3n) is 2.75. The van der Waals surface area contributed by atoms with Gasteiger partial charge >= 0.3 is 12.0 Å². The van der Waals surface area contributed by atoms with Crippen molar-refractivity contribution >= 4 is 23.8 Å². The van der Waals surface area contributed by atoms with Crippen molar-refractivity contribution in [2.24, 2.45) is 5.73 Å². The molecule has 0 aliphatic heterocycles. The molecule has 1 atom stereocenters. The number of nitrogens with one attached hydrogen (secondary N) is 2. The highest BCUT2D eigenvalue weighted by atomic mass is 16.4. The van der Waals surface area contributed by atoms with E-state index >= 15 is 0 Å². The van der Waals surface area contributed by atoms with Crippen molar-refractivity contribution in [1.29, 1.82) is 0 Å². The molecule has 9 heteroatoms. The second-order valence-electron chi connectivity index (χ2n) is 4.28. The fourth-order valence-electron chi connectivity index (χ4n) is 1.63. The number of primary amides is 1. The molecule has 21 heavy (non-hydrogen) atoms. The van der Waals surface area contributed by atoms with Gasteiger partial charge < -0.3 is 26.4 Å². The minimum atomic E-state index is -1.39. The van der Waals surface area contributed by atoms with E-state index in [4.69, 9.17) is 10.8 Å². The van der Waals surface area contributed by atoms with Crippen LogP contribution in [-0.2, 0) is 14.4 Å². The molecule has 0 bridgehead atoms. The lowest BCUT2D eigenvalue weighted by Gasteiger charge is -2.19. The summed E-state index contributed by atoms with van der Waals surface area (Å²) >= 11 is 0. The van der Waals surface area contributed by atoms with Crippen LogP contribution in [0.4, 0.5) is 4.79 Å². The lowest BCUT2D eigenvalue weighted by molar-refractivity contribution is -0.140. The second-order valence-corrected chi connectivity index (χ2v) is 4.28. The molecular weight excluding hydrogens is 280 g/mol. The Morgan fingerprint density at radius 3 is 2.19 bits per heavy atom. The van der Waals surface area contributed by atoms with Crippen molar-refractivity contribution in [1.82, 2.24) is 15.5 Å². The summed E-state index contributed by atoms with van der Waals surface area (Å²) in [5.74, 6) is -2.30. The summed E-state index contributed by atoms with van der Waals surface area (Å²) < 4.78 is 0. The molecule has 0 aromatic carbocycles. The maximum Gasteiger partial charge on any atom is 0.326 e. The molecule has 0 aliphatic carbocycles. The first-order chi connectivity index (χ1) is 9.81. The lowest BCUT2D eigenvalue weighted by atomic mass is 10.2. The largest absolute Gasteiger partial charge is 0.480 e. The van der Waals surface area contributed by atoms with Crippen molar-refractivity contribution in [3.05, 3.63) is 0 Å². The number of carboxylic acids is 1. The standard InChI is InChI=1S/C12H22N4O5/c1-3-16(4-2)10(18)5-6-14-12(21)15-8(11(19)20)7-9(13)17/h8H,3-7H2,1-2H3,(H2,13,17)(H,19,20)(H2,14,15,21)/t8-/m0/s1. The molecule has 9 nitrogen and oxygen atoms in total. The Morgan fingerprint density at radius 2 is 1.76 bits per heavy atom. The van der Waals surface area contributed by atoms with Crippen LogP contribution in [0, 0.1) is 0 Å². The van der Waals surface area contributed by atoms with Gasteiger partial charge in [-0.3, -0.25) is 9.59 Å². The zero-order valence-electron chi connectivity index (χ0n) is 12.2. The fraction of sp³-hybridized carbons (Fsp3) is 0.667. The van der Waals surface area contributed by atoms with E-state index in [0.29, 0.717) is 13.1 Å². The van der Waals surface area contributed by atoms with Crippen LogP contribution in [0.3, 0.4) is 0 Å². The number of aliphatic carboxylic acids is 1. The third kappa shape index (κ3) is 7.75. The smallest absolute Gasteiger partial charge is 0.326 e. The first-order valence-corrected chi connectivity index (χ1v) is 6.65. The van der Waals surface area contributed by atoms with E-state index in [0.717, 1.165) is 0 Å². The van der Waals surface area contributed by atoms with E-state index in [-0.39, 0.29) is 18.9 Å². The first kappa shape index (κ1) is 18.7. The van der Waals surface area contributed by atoms with E-state index in [1.807, 2.05) is 13.8 Å². The lowest BCUT2D eigenvalue weighted by Crippen LogP contribution is -2.48. The van der Waals surface area contributed by atoms with Gasteiger partial charge in [-0.1, -0.05) is 0 Å². The Bertz CT molecular complexity index is 395. The predicted molar refractivity (Wildman–Crippen MR) is 74.3 cm³/mol. The fourth-order valence-corrected chi connectivity index (χ4v) is 1.63. The average molecular weight is 302 g/mol. The van der Waals surface area contributed by atoms with Gasteiger partial charge in [0.1, 0.15) is 6.04 Å². The summed E-state index contributed by atoms with van der Waals surface area (Å²) in [6, 6.07) is -2.16. The van der Waals surface area contributed by atoms with Crippen LogP contribution in [0.15, 0.2) is 0 Å². The number of urea groups is 1.